The van der Waals surface area contributed by atoms with Gasteiger partial charge in [0.1, 0.15) is 12.4 Å². The Morgan fingerprint density at radius 1 is 1.10 bits per heavy atom. The molecule has 1 aliphatic heterocycles. The predicted octanol–water partition coefficient (Wildman–Crippen LogP) is 3.30. The van der Waals surface area contributed by atoms with Gasteiger partial charge < -0.3 is 10.1 Å². The third-order valence-electron chi connectivity index (χ3n) is 3.93. The van der Waals surface area contributed by atoms with Gasteiger partial charge in [0, 0.05) is 13.1 Å². The number of hydrogen-bond donors (Lipinski definition) is 1. The lowest BCUT2D eigenvalue weighted by molar-refractivity contribution is 0.183. The molecule has 1 aromatic carbocycles. The van der Waals surface area contributed by atoms with Crippen LogP contribution in [0.3, 0.4) is 0 Å². The van der Waals surface area contributed by atoms with E-state index >= 15 is 0 Å². The molecule has 21 heavy (non-hydrogen) atoms. The minimum atomic E-state index is 0.697. The molecule has 0 amide bonds. The zero-order valence-corrected chi connectivity index (χ0v) is 13.6. The van der Waals surface area contributed by atoms with E-state index in [2.05, 4.69) is 48.3 Å². The van der Waals surface area contributed by atoms with Crippen molar-refractivity contribution in [1.29, 1.82) is 0 Å². The van der Waals surface area contributed by atoms with Crippen LogP contribution in [0, 0.1) is 5.92 Å². The second-order valence-electron chi connectivity index (χ2n) is 6.42. The Kier molecular flexibility index (Phi) is 7.04. The Morgan fingerprint density at radius 2 is 1.81 bits per heavy atom. The van der Waals surface area contributed by atoms with Gasteiger partial charge in [0.2, 0.25) is 0 Å². The lowest BCUT2D eigenvalue weighted by atomic mass is 10.1. The summed E-state index contributed by atoms with van der Waals surface area (Å²) in [6.07, 6.45) is 4.08. The molecule has 1 saturated heterocycles. The second-order valence-corrected chi connectivity index (χ2v) is 6.42. The largest absolute Gasteiger partial charge is 0.492 e. The molecule has 1 N–H and O–H groups in total. The van der Waals surface area contributed by atoms with Crippen LogP contribution in [0.2, 0.25) is 0 Å². The minimum Gasteiger partial charge on any atom is -0.492 e. The van der Waals surface area contributed by atoms with Crippen molar-refractivity contribution in [3.05, 3.63) is 29.8 Å². The molecule has 118 valence electrons. The van der Waals surface area contributed by atoms with Crippen LogP contribution in [0.25, 0.3) is 0 Å². The van der Waals surface area contributed by atoms with Gasteiger partial charge in [0.25, 0.3) is 0 Å². The summed E-state index contributed by atoms with van der Waals surface area (Å²) in [6, 6.07) is 8.48. The Hall–Kier alpha value is -1.06. The molecule has 0 unspecified atom stereocenters. The van der Waals surface area contributed by atoms with E-state index in [9.17, 15) is 0 Å². The highest BCUT2D eigenvalue weighted by molar-refractivity contribution is 5.27. The lowest BCUT2D eigenvalue weighted by Gasteiger charge is -2.26. The monoisotopic (exact) mass is 290 g/mol. The minimum absolute atomic E-state index is 0.697. The Labute approximate surface area is 129 Å². The zero-order valence-electron chi connectivity index (χ0n) is 13.6. The molecule has 1 aliphatic rings. The number of likely N-dealkylation sites (tertiary alicyclic amines) is 1. The lowest BCUT2D eigenvalue weighted by Crippen LogP contribution is -2.33. The van der Waals surface area contributed by atoms with Crippen molar-refractivity contribution in [3.8, 4) is 5.75 Å². The third-order valence-corrected chi connectivity index (χ3v) is 3.93. The van der Waals surface area contributed by atoms with Crippen LogP contribution in [0.5, 0.6) is 5.75 Å². The first-order valence-corrected chi connectivity index (χ1v) is 8.39. The Bertz CT molecular complexity index is 383. The maximum Gasteiger partial charge on any atom is 0.119 e. The number of piperidine rings is 1. The fourth-order valence-corrected chi connectivity index (χ4v) is 2.68. The Morgan fingerprint density at radius 3 is 2.48 bits per heavy atom. The van der Waals surface area contributed by atoms with E-state index in [0.29, 0.717) is 5.92 Å². The summed E-state index contributed by atoms with van der Waals surface area (Å²) in [4.78, 5) is 2.51. The Balaban J connectivity index is 1.64. The van der Waals surface area contributed by atoms with Crippen LogP contribution >= 0.6 is 0 Å². The van der Waals surface area contributed by atoms with Crippen molar-refractivity contribution in [2.75, 3.05) is 32.8 Å². The first-order valence-electron chi connectivity index (χ1n) is 8.39. The molecule has 1 aromatic rings. The van der Waals surface area contributed by atoms with Crippen LogP contribution in [0.1, 0.15) is 38.7 Å². The summed E-state index contributed by atoms with van der Waals surface area (Å²) in [7, 11) is 0. The van der Waals surface area contributed by atoms with Crippen LogP contribution in [-0.4, -0.2) is 37.7 Å². The first-order chi connectivity index (χ1) is 10.2. The zero-order chi connectivity index (χ0) is 14.9. The van der Waals surface area contributed by atoms with E-state index in [0.717, 1.165) is 32.0 Å². The van der Waals surface area contributed by atoms with Crippen molar-refractivity contribution in [1.82, 2.24) is 10.2 Å². The van der Waals surface area contributed by atoms with E-state index in [1.807, 2.05) is 0 Å². The van der Waals surface area contributed by atoms with Gasteiger partial charge in [-0.1, -0.05) is 32.4 Å². The van der Waals surface area contributed by atoms with Crippen molar-refractivity contribution >= 4 is 0 Å². The molecule has 3 heteroatoms. The summed E-state index contributed by atoms with van der Waals surface area (Å²) >= 11 is 0. The SMILES string of the molecule is CC(C)CNCc1ccc(OCCN2CCCCC2)cc1. The molecule has 0 bridgehead atoms. The van der Waals surface area contributed by atoms with Crippen molar-refractivity contribution in [2.24, 2.45) is 5.92 Å². The first kappa shape index (κ1) is 16.3. The van der Waals surface area contributed by atoms with Crippen molar-refractivity contribution < 1.29 is 4.74 Å². The number of rotatable bonds is 8. The van der Waals surface area contributed by atoms with E-state index in [1.54, 1.807) is 0 Å². The molecule has 0 aromatic heterocycles. The van der Waals surface area contributed by atoms with Gasteiger partial charge in [-0.05, 0) is 56.1 Å². The third kappa shape index (κ3) is 6.49. The standard InChI is InChI=1S/C18H30N2O/c1-16(2)14-19-15-17-6-8-18(9-7-17)21-13-12-20-10-4-3-5-11-20/h6-9,16,19H,3-5,10-15H2,1-2H3. The van der Waals surface area contributed by atoms with Gasteiger partial charge in [-0.15, -0.1) is 0 Å². The number of benzene rings is 1. The topological polar surface area (TPSA) is 24.5 Å². The van der Waals surface area contributed by atoms with Crippen LogP contribution in [-0.2, 0) is 6.54 Å². The number of ether oxygens (including phenoxy) is 1. The second kappa shape index (κ2) is 9.06. The smallest absolute Gasteiger partial charge is 0.119 e. The van der Waals surface area contributed by atoms with Gasteiger partial charge in [0.15, 0.2) is 0 Å². The van der Waals surface area contributed by atoms with Gasteiger partial charge in [0.05, 0.1) is 0 Å². The summed E-state index contributed by atoms with van der Waals surface area (Å²) in [5.74, 6) is 1.68. The van der Waals surface area contributed by atoms with Crippen molar-refractivity contribution in [3.63, 3.8) is 0 Å². The average molecular weight is 290 g/mol. The maximum absolute atomic E-state index is 5.84. The van der Waals surface area contributed by atoms with E-state index in [1.165, 1.54) is 37.9 Å². The predicted molar refractivity (Wildman–Crippen MR) is 88.8 cm³/mol. The van der Waals surface area contributed by atoms with Crippen molar-refractivity contribution in [2.45, 2.75) is 39.7 Å². The maximum atomic E-state index is 5.84. The molecular weight excluding hydrogens is 260 g/mol. The van der Waals surface area contributed by atoms with Gasteiger partial charge in [-0.25, -0.2) is 0 Å². The molecule has 3 nitrogen and oxygen atoms in total. The number of nitrogens with zero attached hydrogens (tertiary/aromatic N) is 1. The highest BCUT2D eigenvalue weighted by Gasteiger charge is 2.09. The fraction of sp³-hybridized carbons (Fsp3) is 0.667. The van der Waals surface area contributed by atoms with Crippen LogP contribution < -0.4 is 10.1 Å². The van der Waals surface area contributed by atoms with Gasteiger partial charge >= 0.3 is 0 Å². The quantitative estimate of drug-likeness (QED) is 0.795. The molecule has 0 spiro atoms. The van der Waals surface area contributed by atoms with Gasteiger partial charge in [-0.3, -0.25) is 4.90 Å². The number of hydrogen-bond acceptors (Lipinski definition) is 3. The number of nitrogens with one attached hydrogen (secondary N) is 1. The highest BCUT2D eigenvalue weighted by atomic mass is 16.5. The molecule has 1 fully saturated rings. The summed E-state index contributed by atoms with van der Waals surface area (Å²) in [6.45, 7) is 10.8. The summed E-state index contributed by atoms with van der Waals surface area (Å²) in [5.41, 5.74) is 1.32. The van der Waals surface area contributed by atoms with Gasteiger partial charge in [-0.2, -0.15) is 0 Å². The highest BCUT2D eigenvalue weighted by Crippen LogP contribution is 2.13. The average Bonchev–Trinajstić information content (AvgIpc) is 2.50. The summed E-state index contributed by atoms with van der Waals surface area (Å²) < 4.78 is 5.84. The molecule has 2 rings (SSSR count). The van der Waals surface area contributed by atoms with E-state index < -0.39 is 0 Å². The molecule has 1 heterocycles. The molecular formula is C18H30N2O. The molecule has 0 saturated carbocycles. The molecule has 0 atom stereocenters. The molecule has 0 radical (unpaired) electrons. The molecule has 0 aliphatic carbocycles. The van der Waals surface area contributed by atoms with Crippen LogP contribution in [0.15, 0.2) is 24.3 Å². The van der Waals surface area contributed by atoms with E-state index in [-0.39, 0.29) is 0 Å². The van der Waals surface area contributed by atoms with Crippen LogP contribution in [0.4, 0.5) is 0 Å². The van der Waals surface area contributed by atoms with E-state index in [4.69, 9.17) is 4.74 Å². The fourth-order valence-electron chi connectivity index (χ4n) is 2.68. The summed E-state index contributed by atoms with van der Waals surface area (Å²) in [5, 5.41) is 3.46. The normalized spacial score (nSPS) is 16.3.